The molecule has 3 nitrogen and oxygen atoms in total. The maximum absolute atomic E-state index is 10.3. The summed E-state index contributed by atoms with van der Waals surface area (Å²) in [5.41, 5.74) is 1.88. The van der Waals surface area contributed by atoms with E-state index in [0.29, 0.717) is 12.5 Å². The first-order valence-corrected chi connectivity index (χ1v) is 6.68. The first-order valence-electron chi connectivity index (χ1n) is 6.68. The van der Waals surface area contributed by atoms with Crippen molar-refractivity contribution in [1.82, 2.24) is 5.32 Å². The van der Waals surface area contributed by atoms with E-state index < -0.39 is 6.10 Å². The van der Waals surface area contributed by atoms with Crippen LogP contribution in [0.5, 0.6) is 5.75 Å². The SMILES string of the molecule is C=C(C)COc1ccc(C(O)C(NC)C(C)C)cc1. The number of nitrogens with one attached hydrogen (secondary N) is 1. The van der Waals surface area contributed by atoms with Gasteiger partial charge >= 0.3 is 0 Å². The lowest BCUT2D eigenvalue weighted by atomic mass is 9.93. The topological polar surface area (TPSA) is 41.5 Å². The molecule has 0 aliphatic rings. The van der Waals surface area contributed by atoms with E-state index in [-0.39, 0.29) is 6.04 Å². The zero-order valence-electron chi connectivity index (χ0n) is 12.3. The lowest BCUT2D eigenvalue weighted by Gasteiger charge is -2.26. The van der Waals surface area contributed by atoms with Crippen LogP contribution >= 0.6 is 0 Å². The summed E-state index contributed by atoms with van der Waals surface area (Å²) in [5.74, 6) is 1.16. The number of ether oxygens (including phenoxy) is 1. The molecule has 1 aromatic carbocycles. The van der Waals surface area contributed by atoms with Crippen molar-refractivity contribution in [3.05, 3.63) is 42.0 Å². The van der Waals surface area contributed by atoms with Crippen LogP contribution in [0, 0.1) is 5.92 Å². The Balaban J connectivity index is 2.72. The molecule has 0 amide bonds. The minimum atomic E-state index is -0.514. The monoisotopic (exact) mass is 263 g/mol. The zero-order valence-corrected chi connectivity index (χ0v) is 12.3. The van der Waals surface area contributed by atoms with Gasteiger partial charge in [0.15, 0.2) is 0 Å². The van der Waals surface area contributed by atoms with Crippen LogP contribution < -0.4 is 10.1 Å². The van der Waals surface area contributed by atoms with Crippen molar-refractivity contribution < 1.29 is 9.84 Å². The zero-order chi connectivity index (χ0) is 14.4. The third kappa shape index (κ3) is 4.69. The lowest BCUT2D eigenvalue weighted by Crippen LogP contribution is -2.36. The Kier molecular flexibility index (Phi) is 6.06. The van der Waals surface area contributed by atoms with Crippen molar-refractivity contribution in [1.29, 1.82) is 0 Å². The Morgan fingerprint density at radius 2 is 1.89 bits per heavy atom. The molecule has 0 heterocycles. The Morgan fingerprint density at radius 1 is 1.32 bits per heavy atom. The van der Waals surface area contributed by atoms with Gasteiger partial charge < -0.3 is 15.2 Å². The molecule has 1 rings (SSSR count). The molecule has 0 spiro atoms. The van der Waals surface area contributed by atoms with Crippen LogP contribution in [-0.4, -0.2) is 24.8 Å². The molecule has 0 aliphatic heterocycles. The molecule has 106 valence electrons. The first-order chi connectivity index (χ1) is 8.95. The van der Waals surface area contributed by atoms with E-state index in [2.05, 4.69) is 25.7 Å². The van der Waals surface area contributed by atoms with Gasteiger partial charge in [-0.2, -0.15) is 0 Å². The predicted molar refractivity (Wildman–Crippen MR) is 79.4 cm³/mol. The minimum absolute atomic E-state index is 0.0437. The first kappa shape index (κ1) is 15.7. The van der Waals surface area contributed by atoms with Gasteiger partial charge in [-0.05, 0) is 43.2 Å². The average Bonchev–Trinajstić information content (AvgIpc) is 2.37. The molecule has 2 unspecified atom stereocenters. The number of hydrogen-bond donors (Lipinski definition) is 2. The van der Waals surface area contributed by atoms with Crippen molar-refractivity contribution in [2.24, 2.45) is 5.92 Å². The minimum Gasteiger partial charge on any atom is -0.489 e. The summed E-state index contributed by atoms with van der Waals surface area (Å²) < 4.78 is 5.54. The second kappa shape index (κ2) is 7.31. The Labute approximate surface area is 116 Å². The number of likely N-dealkylation sites (N-methyl/N-ethyl adjacent to an activating group) is 1. The molecule has 2 atom stereocenters. The molecule has 1 aromatic rings. The molecular weight excluding hydrogens is 238 g/mol. The molecular formula is C16H25NO2. The van der Waals surface area contributed by atoms with Crippen LogP contribution in [0.25, 0.3) is 0 Å². The molecule has 0 saturated carbocycles. The van der Waals surface area contributed by atoms with Gasteiger partial charge in [-0.15, -0.1) is 0 Å². The fourth-order valence-electron chi connectivity index (χ4n) is 2.03. The van der Waals surface area contributed by atoms with Gasteiger partial charge in [0.25, 0.3) is 0 Å². The predicted octanol–water partition coefficient (Wildman–Crippen LogP) is 2.92. The Hall–Kier alpha value is -1.32. The van der Waals surface area contributed by atoms with Crippen LogP contribution in [0.2, 0.25) is 0 Å². The highest BCUT2D eigenvalue weighted by Gasteiger charge is 2.22. The molecule has 0 aliphatic carbocycles. The van der Waals surface area contributed by atoms with Gasteiger partial charge in [0, 0.05) is 6.04 Å². The summed E-state index contributed by atoms with van der Waals surface area (Å²) in [4.78, 5) is 0. The normalized spacial score (nSPS) is 14.2. The standard InChI is InChI=1S/C16H25NO2/c1-11(2)10-19-14-8-6-13(7-9-14)16(18)15(17-5)12(3)4/h6-9,12,15-18H,1,10H2,2-5H3. The van der Waals surface area contributed by atoms with E-state index in [0.717, 1.165) is 16.9 Å². The van der Waals surface area contributed by atoms with Crippen molar-refractivity contribution in [3.63, 3.8) is 0 Å². The van der Waals surface area contributed by atoms with Gasteiger partial charge in [-0.1, -0.05) is 32.6 Å². The van der Waals surface area contributed by atoms with Crippen LogP contribution in [0.3, 0.4) is 0 Å². The highest BCUT2D eigenvalue weighted by atomic mass is 16.5. The fraction of sp³-hybridized carbons (Fsp3) is 0.500. The van der Waals surface area contributed by atoms with Crippen molar-refractivity contribution >= 4 is 0 Å². The van der Waals surface area contributed by atoms with Gasteiger partial charge in [-0.25, -0.2) is 0 Å². The molecule has 3 heteroatoms. The molecule has 0 fully saturated rings. The number of rotatable bonds is 7. The summed E-state index contributed by atoms with van der Waals surface area (Å²) in [7, 11) is 1.87. The largest absolute Gasteiger partial charge is 0.489 e. The number of aliphatic hydroxyl groups is 1. The molecule has 0 bridgehead atoms. The average molecular weight is 263 g/mol. The molecule has 0 aromatic heterocycles. The van der Waals surface area contributed by atoms with Crippen molar-refractivity contribution in [2.75, 3.05) is 13.7 Å². The number of benzene rings is 1. The van der Waals surface area contributed by atoms with Crippen LogP contribution in [0.1, 0.15) is 32.4 Å². The number of aliphatic hydroxyl groups excluding tert-OH is 1. The summed E-state index contributed by atoms with van der Waals surface area (Å²) >= 11 is 0. The summed E-state index contributed by atoms with van der Waals surface area (Å²) in [6.07, 6.45) is -0.514. The van der Waals surface area contributed by atoms with E-state index in [9.17, 15) is 5.11 Å². The number of hydrogen-bond acceptors (Lipinski definition) is 3. The second-order valence-electron chi connectivity index (χ2n) is 5.32. The molecule has 0 radical (unpaired) electrons. The van der Waals surface area contributed by atoms with Crippen molar-refractivity contribution in [3.8, 4) is 5.75 Å². The van der Waals surface area contributed by atoms with Gasteiger partial charge in [0.1, 0.15) is 12.4 Å². The smallest absolute Gasteiger partial charge is 0.119 e. The third-order valence-electron chi connectivity index (χ3n) is 3.10. The second-order valence-corrected chi connectivity index (χ2v) is 5.32. The van der Waals surface area contributed by atoms with E-state index >= 15 is 0 Å². The van der Waals surface area contributed by atoms with Gasteiger partial charge in [-0.3, -0.25) is 0 Å². The van der Waals surface area contributed by atoms with Gasteiger partial charge in [0.2, 0.25) is 0 Å². The Bertz CT molecular complexity index is 398. The molecule has 2 N–H and O–H groups in total. The highest BCUT2D eigenvalue weighted by molar-refractivity contribution is 5.29. The Morgan fingerprint density at radius 3 is 2.32 bits per heavy atom. The van der Waals surface area contributed by atoms with E-state index in [1.807, 2.05) is 38.2 Å². The maximum Gasteiger partial charge on any atom is 0.119 e. The van der Waals surface area contributed by atoms with Crippen LogP contribution in [0.15, 0.2) is 36.4 Å². The summed E-state index contributed by atoms with van der Waals surface area (Å²) in [6, 6.07) is 7.63. The quantitative estimate of drug-likeness (QED) is 0.743. The van der Waals surface area contributed by atoms with Crippen LogP contribution in [-0.2, 0) is 0 Å². The van der Waals surface area contributed by atoms with Crippen LogP contribution in [0.4, 0.5) is 0 Å². The molecule has 0 saturated heterocycles. The van der Waals surface area contributed by atoms with Crippen molar-refractivity contribution in [2.45, 2.75) is 32.9 Å². The van der Waals surface area contributed by atoms with E-state index in [4.69, 9.17) is 4.74 Å². The van der Waals surface area contributed by atoms with E-state index in [1.165, 1.54) is 0 Å². The van der Waals surface area contributed by atoms with E-state index in [1.54, 1.807) is 0 Å². The summed E-state index contributed by atoms with van der Waals surface area (Å²) in [5, 5.41) is 13.5. The lowest BCUT2D eigenvalue weighted by molar-refractivity contribution is 0.110. The summed E-state index contributed by atoms with van der Waals surface area (Å²) in [6.45, 7) is 10.4. The highest BCUT2D eigenvalue weighted by Crippen LogP contribution is 2.23. The third-order valence-corrected chi connectivity index (χ3v) is 3.10. The maximum atomic E-state index is 10.3. The fourth-order valence-corrected chi connectivity index (χ4v) is 2.03. The molecule has 19 heavy (non-hydrogen) atoms. The van der Waals surface area contributed by atoms with Gasteiger partial charge in [0.05, 0.1) is 6.10 Å².